The molecule has 0 aromatic heterocycles. The van der Waals surface area contributed by atoms with Crippen LogP contribution in [0.2, 0.25) is 0 Å². The summed E-state index contributed by atoms with van der Waals surface area (Å²) in [5.74, 6) is 1.32. The maximum absolute atomic E-state index is 2.33. The molecule has 1 fully saturated rings. The largest absolute Gasteiger partial charge is 0.151 e. The highest BCUT2D eigenvalue weighted by atomic mass is 127. The molecule has 0 N–H and O–H groups in total. The molecule has 0 amide bonds. The van der Waals surface area contributed by atoms with Crippen LogP contribution in [0, 0.1) is 3.57 Å². The first-order valence-corrected chi connectivity index (χ1v) is 5.36. The van der Waals surface area contributed by atoms with Gasteiger partial charge in [-0.1, -0.05) is 12.1 Å². The molecule has 1 aromatic rings. The number of hydrogen-bond donors (Lipinski definition) is 0. The van der Waals surface area contributed by atoms with Crippen LogP contribution in [-0.4, -0.2) is 5.75 Å². The Kier molecular flexibility index (Phi) is 1.91. The number of halogens is 1. The van der Waals surface area contributed by atoms with E-state index in [-0.39, 0.29) is 0 Å². The van der Waals surface area contributed by atoms with E-state index in [2.05, 4.69) is 46.9 Å². The third-order valence-electron chi connectivity index (χ3n) is 1.58. The minimum atomic E-state index is 0.817. The Bertz CT molecular complexity index is 226. The molecule has 1 atom stereocenters. The van der Waals surface area contributed by atoms with E-state index in [1.165, 1.54) is 14.9 Å². The zero-order valence-electron chi connectivity index (χ0n) is 5.38. The topological polar surface area (TPSA) is 0 Å². The minimum Gasteiger partial charge on any atom is -0.151 e. The van der Waals surface area contributed by atoms with Crippen molar-refractivity contribution in [2.75, 3.05) is 5.75 Å². The molecule has 0 saturated carbocycles. The second-order valence-corrected chi connectivity index (χ2v) is 4.85. The van der Waals surface area contributed by atoms with Crippen LogP contribution in [0.25, 0.3) is 0 Å². The monoisotopic (exact) mass is 262 g/mol. The van der Waals surface area contributed by atoms with Crippen LogP contribution < -0.4 is 0 Å². The smallest absolute Gasteiger partial charge is 0.0388 e. The maximum Gasteiger partial charge on any atom is 0.0388 e. The van der Waals surface area contributed by atoms with E-state index >= 15 is 0 Å². The standard InChI is InChI=1S/C8H7IS/c9-7-3-1-6(2-4-7)8-5-10-8/h1-4,8H,5H2. The lowest BCUT2D eigenvalue weighted by molar-refractivity contribution is 1.23. The number of rotatable bonds is 1. The molecule has 0 nitrogen and oxygen atoms in total. The number of hydrogen-bond acceptors (Lipinski definition) is 1. The molecule has 1 saturated heterocycles. The summed E-state index contributed by atoms with van der Waals surface area (Å²) < 4.78 is 1.33. The molecule has 1 aliphatic heterocycles. The van der Waals surface area contributed by atoms with Crippen LogP contribution in [0.4, 0.5) is 0 Å². The number of thioether (sulfide) groups is 1. The summed E-state index contributed by atoms with van der Waals surface area (Å²) in [5, 5.41) is 0.817. The molecule has 10 heavy (non-hydrogen) atoms. The second kappa shape index (κ2) is 2.74. The lowest BCUT2D eigenvalue weighted by atomic mass is 10.2. The number of benzene rings is 1. The molecule has 2 rings (SSSR count). The van der Waals surface area contributed by atoms with Gasteiger partial charge in [0, 0.05) is 14.6 Å². The lowest BCUT2D eigenvalue weighted by Crippen LogP contribution is -1.77. The Morgan fingerprint density at radius 2 is 1.90 bits per heavy atom. The van der Waals surface area contributed by atoms with Gasteiger partial charge in [-0.05, 0) is 40.3 Å². The van der Waals surface area contributed by atoms with Gasteiger partial charge >= 0.3 is 0 Å². The minimum absolute atomic E-state index is 0.817. The highest BCUT2D eigenvalue weighted by molar-refractivity contribution is 14.1. The van der Waals surface area contributed by atoms with E-state index in [9.17, 15) is 0 Å². The molecule has 1 aromatic carbocycles. The molecular formula is C8H7IS. The Morgan fingerprint density at radius 3 is 2.40 bits per heavy atom. The third-order valence-corrected chi connectivity index (χ3v) is 3.23. The summed E-state index contributed by atoms with van der Waals surface area (Å²) in [6.45, 7) is 0. The highest BCUT2D eigenvalue weighted by Crippen LogP contribution is 2.45. The first kappa shape index (κ1) is 6.98. The van der Waals surface area contributed by atoms with Gasteiger partial charge in [0.1, 0.15) is 0 Å². The second-order valence-electron chi connectivity index (χ2n) is 2.37. The van der Waals surface area contributed by atoms with Gasteiger partial charge in [-0.15, -0.1) is 0 Å². The average molecular weight is 262 g/mol. The molecule has 0 aliphatic carbocycles. The van der Waals surface area contributed by atoms with Crippen molar-refractivity contribution in [3.63, 3.8) is 0 Å². The van der Waals surface area contributed by atoms with Crippen molar-refractivity contribution in [3.05, 3.63) is 33.4 Å². The average Bonchev–Trinajstić information content (AvgIpc) is 2.71. The van der Waals surface area contributed by atoms with E-state index in [4.69, 9.17) is 0 Å². The lowest BCUT2D eigenvalue weighted by Gasteiger charge is -1.94. The van der Waals surface area contributed by atoms with Crippen LogP contribution in [0.3, 0.4) is 0 Å². The molecule has 0 bridgehead atoms. The van der Waals surface area contributed by atoms with E-state index < -0.39 is 0 Å². The van der Waals surface area contributed by atoms with Gasteiger partial charge in [0.15, 0.2) is 0 Å². The predicted molar refractivity (Wildman–Crippen MR) is 54.4 cm³/mol. The van der Waals surface area contributed by atoms with Crippen LogP contribution >= 0.6 is 34.4 Å². The molecule has 2 heteroatoms. The Hall–Kier alpha value is 0.300. The third kappa shape index (κ3) is 1.48. The van der Waals surface area contributed by atoms with Crippen molar-refractivity contribution in [1.82, 2.24) is 0 Å². The highest BCUT2D eigenvalue weighted by Gasteiger charge is 2.23. The molecule has 52 valence electrons. The van der Waals surface area contributed by atoms with Crippen LogP contribution in [0.15, 0.2) is 24.3 Å². The van der Waals surface area contributed by atoms with Crippen molar-refractivity contribution < 1.29 is 0 Å². The van der Waals surface area contributed by atoms with E-state index in [0.29, 0.717) is 0 Å². The normalized spacial score (nSPS) is 22.7. The quantitative estimate of drug-likeness (QED) is 0.553. The van der Waals surface area contributed by atoms with Crippen LogP contribution in [0.1, 0.15) is 10.8 Å². The fourth-order valence-corrected chi connectivity index (χ4v) is 1.92. The van der Waals surface area contributed by atoms with Gasteiger partial charge in [-0.2, -0.15) is 11.8 Å². The zero-order valence-corrected chi connectivity index (χ0v) is 8.35. The molecular weight excluding hydrogens is 255 g/mol. The summed E-state index contributed by atoms with van der Waals surface area (Å²) in [6, 6.07) is 8.81. The van der Waals surface area contributed by atoms with Crippen molar-refractivity contribution in [1.29, 1.82) is 0 Å². The van der Waals surface area contributed by atoms with Crippen molar-refractivity contribution in [3.8, 4) is 0 Å². The fraction of sp³-hybridized carbons (Fsp3) is 0.250. The van der Waals surface area contributed by atoms with E-state index in [0.717, 1.165) is 5.25 Å². The summed E-state index contributed by atoms with van der Waals surface area (Å²) in [6.07, 6.45) is 0. The summed E-state index contributed by atoms with van der Waals surface area (Å²) in [5.41, 5.74) is 1.49. The first-order chi connectivity index (χ1) is 4.86. The molecule has 1 unspecified atom stereocenters. The van der Waals surface area contributed by atoms with Crippen molar-refractivity contribution in [2.45, 2.75) is 5.25 Å². The van der Waals surface area contributed by atoms with Crippen molar-refractivity contribution >= 4 is 34.4 Å². The van der Waals surface area contributed by atoms with Gasteiger partial charge in [-0.3, -0.25) is 0 Å². The maximum atomic E-state index is 2.33. The summed E-state index contributed by atoms with van der Waals surface area (Å²) >= 11 is 4.36. The van der Waals surface area contributed by atoms with Gasteiger partial charge in [0.2, 0.25) is 0 Å². The Labute approximate surface area is 78.5 Å². The van der Waals surface area contributed by atoms with Gasteiger partial charge in [0.25, 0.3) is 0 Å². The molecule has 0 radical (unpaired) electrons. The fourth-order valence-electron chi connectivity index (χ4n) is 0.918. The molecule has 1 aliphatic rings. The molecule has 0 spiro atoms. The summed E-state index contributed by atoms with van der Waals surface area (Å²) in [4.78, 5) is 0. The predicted octanol–water partition coefficient (Wildman–Crippen LogP) is 3.08. The van der Waals surface area contributed by atoms with E-state index in [1.54, 1.807) is 0 Å². The summed E-state index contributed by atoms with van der Waals surface area (Å²) in [7, 11) is 0. The van der Waals surface area contributed by atoms with Gasteiger partial charge in [0.05, 0.1) is 0 Å². The van der Waals surface area contributed by atoms with Gasteiger partial charge < -0.3 is 0 Å². The van der Waals surface area contributed by atoms with Gasteiger partial charge in [-0.25, -0.2) is 0 Å². The Balaban J connectivity index is 2.28. The van der Waals surface area contributed by atoms with Crippen molar-refractivity contribution in [2.24, 2.45) is 0 Å². The zero-order chi connectivity index (χ0) is 6.97. The van der Waals surface area contributed by atoms with Crippen LogP contribution in [0.5, 0.6) is 0 Å². The Morgan fingerprint density at radius 1 is 1.30 bits per heavy atom. The van der Waals surface area contributed by atoms with Crippen LogP contribution in [-0.2, 0) is 0 Å². The molecule has 1 heterocycles. The van der Waals surface area contributed by atoms with E-state index in [1.807, 2.05) is 11.8 Å². The SMILES string of the molecule is Ic1ccc(C2CS2)cc1. The first-order valence-electron chi connectivity index (χ1n) is 3.23.